The molecule has 20 heavy (non-hydrogen) atoms. The lowest BCUT2D eigenvalue weighted by Gasteiger charge is -2.04. The predicted octanol–water partition coefficient (Wildman–Crippen LogP) is 3.63. The molecule has 1 fully saturated rings. The number of rotatable bonds is 6. The highest BCUT2D eigenvalue weighted by atomic mass is 32.1. The van der Waals surface area contributed by atoms with E-state index in [1.165, 1.54) is 29.0 Å². The number of ether oxygens (including phenoxy) is 1. The van der Waals surface area contributed by atoms with Crippen molar-refractivity contribution in [1.29, 1.82) is 0 Å². The number of nitrogens with one attached hydrogen (secondary N) is 1. The van der Waals surface area contributed by atoms with Gasteiger partial charge < -0.3 is 10.1 Å². The van der Waals surface area contributed by atoms with Gasteiger partial charge in [-0.15, -0.1) is 11.3 Å². The van der Waals surface area contributed by atoms with Gasteiger partial charge >= 0.3 is 0 Å². The minimum absolute atomic E-state index is 0.567. The first kappa shape index (κ1) is 13.6. The molecule has 1 aromatic heterocycles. The lowest BCUT2D eigenvalue weighted by Crippen LogP contribution is -2.05. The molecule has 3 rings (SSSR count). The van der Waals surface area contributed by atoms with Gasteiger partial charge in [-0.25, -0.2) is 4.98 Å². The molecule has 106 valence electrons. The van der Waals surface area contributed by atoms with Gasteiger partial charge in [0.1, 0.15) is 17.4 Å². The van der Waals surface area contributed by atoms with Gasteiger partial charge in [-0.1, -0.05) is 12.1 Å². The van der Waals surface area contributed by atoms with Crippen molar-refractivity contribution in [2.24, 2.45) is 0 Å². The molecule has 0 saturated heterocycles. The van der Waals surface area contributed by atoms with E-state index in [1.807, 2.05) is 19.2 Å². The minimum Gasteiger partial charge on any atom is -0.486 e. The van der Waals surface area contributed by atoms with E-state index < -0.39 is 0 Å². The van der Waals surface area contributed by atoms with E-state index >= 15 is 0 Å². The van der Waals surface area contributed by atoms with Crippen LogP contribution in [0, 0.1) is 6.92 Å². The molecule has 4 heteroatoms. The number of benzene rings is 1. The van der Waals surface area contributed by atoms with Crippen molar-refractivity contribution in [3.8, 4) is 5.75 Å². The Morgan fingerprint density at radius 1 is 1.40 bits per heavy atom. The lowest BCUT2D eigenvalue weighted by molar-refractivity contribution is 0.305. The van der Waals surface area contributed by atoms with Crippen molar-refractivity contribution in [1.82, 2.24) is 10.3 Å². The third-order valence-electron chi connectivity index (χ3n) is 3.43. The molecular weight excluding hydrogens is 268 g/mol. The molecule has 0 unspecified atom stereocenters. The Labute approximate surface area is 124 Å². The quantitative estimate of drug-likeness (QED) is 0.881. The topological polar surface area (TPSA) is 34.1 Å². The fourth-order valence-corrected chi connectivity index (χ4v) is 3.37. The van der Waals surface area contributed by atoms with Crippen LogP contribution in [0.15, 0.2) is 24.3 Å². The third kappa shape index (κ3) is 3.19. The highest BCUT2D eigenvalue weighted by Crippen LogP contribution is 2.42. The molecule has 1 aliphatic carbocycles. The summed E-state index contributed by atoms with van der Waals surface area (Å²) in [7, 11) is 1.99. The van der Waals surface area contributed by atoms with Gasteiger partial charge in [0.2, 0.25) is 0 Å². The maximum Gasteiger partial charge on any atom is 0.140 e. The molecule has 1 saturated carbocycles. The molecule has 1 aromatic carbocycles. The van der Waals surface area contributed by atoms with Crippen molar-refractivity contribution < 1.29 is 4.74 Å². The number of hydrogen-bond acceptors (Lipinski definition) is 4. The Morgan fingerprint density at radius 2 is 2.25 bits per heavy atom. The third-order valence-corrected chi connectivity index (χ3v) is 4.47. The van der Waals surface area contributed by atoms with E-state index in [1.54, 1.807) is 11.3 Å². The van der Waals surface area contributed by atoms with Gasteiger partial charge in [-0.2, -0.15) is 0 Å². The zero-order chi connectivity index (χ0) is 13.9. The first-order chi connectivity index (χ1) is 9.76. The Kier molecular flexibility index (Phi) is 4.03. The van der Waals surface area contributed by atoms with Crippen LogP contribution in [0.3, 0.4) is 0 Å². The minimum atomic E-state index is 0.567. The van der Waals surface area contributed by atoms with Crippen molar-refractivity contribution in [2.75, 3.05) is 7.05 Å². The zero-order valence-corrected chi connectivity index (χ0v) is 12.8. The average Bonchev–Trinajstić information content (AvgIpc) is 3.20. The van der Waals surface area contributed by atoms with Gasteiger partial charge in [-0.05, 0) is 44.5 Å². The Morgan fingerprint density at radius 3 is 2.95 bits per heavy atom. The Bertz CT molecular complexity index is 590. The standard InChI is InChI=1S/C16H20N2OS/c1-11-4-3-5-13(8-11)19-10-15-18-16(12-6-7-12)14(20-15)9-17-2/h3-5,8,12,17H,6-7,9-10H2,1-2H3. The predicted molar refractivity (Wildman–Crippen MR) is 82.4 cm³/mol. The zero-order valence-electron chi connectivity index (χ0n) is 12.0. The molecule has 0 bridgehead atoms. The molecule has 0 atom stereocenters. The molecule has 3 nitrogen and oxygen atoms in total. The molecule has 0 amide bonds. The second-order valence-electron chi connectivity index (χ2n) is 5.33. The second kappa shape index (κ2) is 5.94. The van der Waals surface area contributed by atoms with E-state index in [0.29, 0.717) is 12.5 Å². The summed E-state index contributed by atoms with van der Waals surface area (Å²) in [6, 6.07) is 8.15. The fraction of sp³-hybridized carbons (Fsp3) is 0.438. The summed E-state index contributed by atoms with van der Waals surface area (Å²) in [5.74, 6) is 1.62. The highest BCUT2D eigenvalue weighted by molar-refractivity contribution is 7.11. The van der Waals surface area contributed by atoms with Crippen LogP contribution in [0.5, 0.6) is 5.75 Å². The number of thiazole rings is 1. The summed E-state index contributed by atoms with van der Waals surface area (Å²) >= 11 is 1.78. The summed E-state index contributed by atoms with van der Waals surface area (Å²) < 4.78 is 5.85. The fourth-order valence-electron chi connectivity index (χ4n) is 2.29. The molecule has 1 N–H and O–H groups in total. The van der Waals surface area contributed by atoms with Gasteiger partial charge in [-0.3, -0.25) is 0 Å². The molecular formula is C16H20N2OS. The van der Waals surface area contributed by atoms with Gasteiger partial charge in [0.05, 0.1) is 5.69 Å². The van der Waals surface area contributed by atoms with Gasteiger partial charge in [0.25, 0.3) is 0 Å². The number of aryl methyl sites for hydroxylation is 1. The maximum absolute atomic E-state index is 5.85. The van der Waals surface area contributed by atoms with Crippen LogP contribution in [0.1, 0.15) is 39.9 Å². The number of hydrogen-bond donors (Lipinski definition) is 1. The van der Waals surface area contributed by atoms with E-state index in [4.69, 9.17) is 9.72 Å². The molecule has 0 radical (unpaired) electrons. The van der Waals surface area contributed by atoms with Crippen molar-refractivity contribution in [3.63, 3.8) is 0 Å². The summed E-state index contributed by atoms with van der Waals surface area (Å²) in [6.07, 6.45) is 2.58. The van der Waals surface area contributed by atoms with Crippen molar-refractivity contribution in [3.05, 3.63) is 45.4 Å². The van der Waals surface area contributed by atoms with Crippen LogP contribution in [0.2, 0.25) is 0 Å². The van der Waals surface area contributed by atoms with Crippen LogP contribution < -0.4 is 10.1 Å². The monoisotopic (exact) mass is 288 g/mol. The number of aromatic nitrogens is 1. The van der Waals surface area contributed by atoms with E-state index in [-0.39, 0.29) is 0 Å². The SMILES string of the molecule is CNCc1sc(COc2cccc(C)c2)nc1C1CC1. The summed E-state index contributed by atoms with van der Waals surface area (Å²) in [6.45, 7) is 3.55. The van der Waals surface area contributed by atoms with Crippen LogP contribution in [0.4, 0.5) is 0 Å². The van der Waals surface area contributed by atoms with E-state index in [0.717, 1.165) is 17.3 Å². The highest BCUT2D eigenvalue weighted by Gasteiger charge is 2.29. The largest absolute Gasteiger partial charge is 0.486 e. The molecule has 0 aliphatic heterocycles. The Balaban J connectivity index is 1.69. The van der Waals surface area contributed by atoms with Crippen LogP contribution in [-0.4, -0.2) is 12.0 Å². The van der Waals surface area contributed by atoms with Crippen molar-refractivity contribution in [2.45, 2.75) is 38.8 Å². The summed E-state index contributed by atoms with van der Waals surface area (Å²) in [4.78, 5) is 6.15. The maximum atomic E-state index is 5.85. The lowest BCUT2D eigenvalue weighted by atomic mass is 10.2. The van der Waals surface area contributed by atoms with E-state index in [2.05, 4.69) is 24.4 Å². The first-order valence-corrected chi connectivity index (χ1v) is 7.90. The second-order valence-corrected chi connectivity index (χ2v) is 6.49. The smallest absolute Gasteiger partial charge is 0.140 e. The molecule has 0 spiro atoms. The Hall–Kier alpha value is -1.39. The summed E-state index contributed by atoms with van der Waals surface area (Å²) in [5.41, 5.74) is 2.52. The molecule has 1 aliphatic rings. The summed E-state index contributed by atoms with van der Waals surface area (Å²) in [5, 5.41) is 4.31. The van der Waals surface area contributed by atoms with Crippen LogP contribution in [0.25, 0.3) is 0 Å². The van der Waals surface area contributed by atoms with E-state index in [9.17, 15) is 0 Å². The van der Waals surface area contributed by atoms with Crippen LogP contribution in [-0.2, 0) is 13.2 Å². The number of nitrogens with zero attached hydrogens (tertiary/aromatic N) is 1. The molecule has 1 heterocycles. The van der Waals surface area contributed by atoms with Gasteiger partial charge in [0, 0.05) is 17.3 Å². The van der Waals surface area contributed by atoms with Crippen molar-refractivity contribution >= 4 is 11.3 Å². The first-order valence-electron chi connectivity index (χ1n) is 7.09. The van der Waals surface area contributed by atoms with Gasteiger partial charge in [0.15, 0.2) is 0 Å². The average molecular weight is 288 g/mol. The van der Waals surface area contributed by atoms with Crippen LogP contribution >= 0.6 is 11.3 Å². The normalized spacial score (nSPS) is 14.5. The molecule has 2 aromatic rings.